The van der Waals surface area contributed by atoms with E-state index in [-0.39, 0.29) is 0 Å². The summed E-state index contributed by atoms with van der Waals surface area (Å²) in [7, 11) is 0. The van der Waals surface area contributed by atoms with Gasteiger partial charge >= 0.3 is 0 Å². The first-order valence-electron chi connectivity index (χ1n) is 11.3. The number of para-hydroxylation sites is 2. The SMILES string of the molecule is N#Cc1ccc(-n2c3ccccc3c3ccccc32)c(-c2cccc3c2sc2ccccc23)c1. The summed E-state index contributed by atoms with van der Waals surface area (Å²) in [6.45, 7) is 0. The summed E-state index contributed by atoms with van der Waals surface area (Å²) in [6.07, 6.45) is 0. The first kappa shape index (κ1) is 19.1. The average molecular weight is 451 g/mol. The number of fused-ring (bicyclic) bond motifs is 6. The van der Waals surface area contributed by atoms with Gasteiger partial charge in [0.1, 0.15) is 0 Å². The summed E-state index contributed by atoms with van der Waals surface area (Å²) < 4.78 is 4.87. The van der Waals surface area contributed by atoms with Crippen molar-refractivity contribution in [2.24, 2.45) is 0 Å². The lowest BCUT2D eigenvalue weighted by Crippen LogP contribution is -1.98. The van der Waals surface area contributed by atoms with Crippen LogP contribution in [0.3, 0.4) is 0 Å². The molecule has 2 aromatic heterocycles. The lowest BCUT2D eigenvalue weighted by molar-refractivity contribution is 1.18. The maximum atomic E-state index is 9.75. The van der Waals surface area contributed by atoms with Gasteiger partial charge in [-0.3, -0.25) is 0 Å². The summed E-state index contributed by atoms with van der Waals surface area (Å²) >= 11 is 1.82. The van der Waals surface area contributed by atoms with Gasteiger partial charge in [-0.15, -0.1) is 11.3 Å². The molecule has 0 N–H and O–H groups in total. The molecule has 0 unspecified atom stereocenters. The standard InChI is InChI=1S/C31H18N2S/c32-19-20-16-17-29(33-27-13-4-1-8-21(27)22-9-2-5-14-28(22)33)26(18-20)25-12-7-11-24-23-10-3-6-15-30(23)34-31(24)25/h1-18H. The normalized spacial score (nSPS) is 11.5. The summed E-state index contributed by atoms with van der Waals surface area (Å²) in [5.74, 6) is 0. The molecule has 0 saturated carbocycles. The van der Waals surface area contributed by atoms with E-state index in [4.69, 9.17) is 0 Å². The molecule has 2 nitrogen and oxygen atoms in total. The number of rotatable bonds is 2. The average Bonchev–Trinajstić information content (AvgIpc) is 3.44. The predicted molar refractivity (Wildman–Crippen MR) is 144 cm³/mol. The first-order chi connectivity index (χ1) is 16.8. The zero-order valence-corrected chi connectivity index (χ0v) is 19.0. The fourth-order valence-electron chi connectivity index (χ4n) is 5.16. The molecule has 0 aliphatic rings. The number of nitriles is 1. The zero-order chi connectivity index (χ0) is 22.6. The minimum atomic E-state index is 0.664. The third-order valence-electron chi connectivity index (χ3n) is 6.64. The van der Waals surface area contributed by atoms with Crippen molar-refractivity contribution in [3.05, 3.63) is 115 Å². The van der Waals surface area contributed by atoms with E-state index in [0.717, 1.165) is 27.8 Å². The lowest BCUT2D eigenvalue weighted by Gasteiger charge is -2.15. The van der Waals surface area contributed by atoms with Crippen molar-refractivity contribution in [2.75, 3.05) is 0 Å². The van der Waals surface area contributed by atoms with Crippen LogP contribution in [0.4, 0.5) is 0 Å². The van der Waals surface area contributed by atoms with Gasteiger partial charge in [0.2, 0.25) is 0 Å². The van der Waals surface area contributed by atoms with E-state index in [0.29, 0.717) is 5.56 Å². The first-order valence-corrected chi connectivity index (χ1v) is 12.1. The van der Waals surface area contributed by atoms with Crippen molar-refractivity contribution in [3.8, 4) is 22.9 Å². The molecule has 34 heavy (non-hydrogen) atoms. The third-order valence-corrected chi connectivity index (χ3v) is 7.86. The highest BCUT2D eigenvalue weighted by Crippen LogP contribution is 2.43. The summed E-state index contributed by atoms with van der Waals surface area (Å²) in [5.41, 5.74) is 6.31. The van der Waals surface area contributed by atoms with Crippen molar-refractivity contribution >= 4 is 53.3 Å². The largest absolute Gasteiger partial charge is 0.309 e. The molecule has 7 aromatic rings. The Hall–Kier alpha value is -4.39. The van der Waals surface area contributed by atoms with Crippen LogP contribution < -0.4 is 0 Å². The molecule has 0 spiro atoms. The van der Waals surface area contributed by atoms with E-state index in [9.17, 15) is 5.26 Å². The van der Waals surface area contributed by atoms with Gasteiger partial charge in [-0.2, -0.15) is 5.26 Å². The molecular weight excluding hydrogens is 432 g/mol. The van der Waals surface area contributed by atoms with Gasteiger partial charge in [-0.05, 0) is 36.4 Å². The molecular formula is C31H18N2S. The maximum absolute atomic E-state index is 9.75. The van der Waals surface area contributed by atoms with Gasteiger partial charge in [0, 0.05) is 42.1 Å². The minimum Gasteiger partial charge on any atom is -0.309 e. The second kappa shape index (κ2) is 7.31. The number of nitrogens with zero attached hydrogens (tertiary/aromatic N) is 2. The molecule has 0 bridgehead atoms. The Morgan fingerprint density at radius 1 is 0.588 bits per heavy atom. The number of hydrogen-bond donors (Lipinski definition) is 0. The monoisotopic (exact) mass is 450 g/mol. The highest BCUT2D eigenvalue weighted by atomic mass is 32.1. The van der Waals surface area contributed by atoms with Gasteiger partial charge in [-0.25, -0.2) is 0 Å². The van der Waals surface area contributed by atoms with E-state index in [2.05, 4.69) is 108 Å². The van der Waals surface area contributed by atoms with Gasteiger partial charge in [0.05, 0.1) is 28.4 Å². The Labute approximate surface area is 200 Å². The molecule has 0 fully saturated rings. The molecule has 3 heteroatoms. The summed E-state index contributed by atoms with van der Waals surface area (Å²) in [6, 6.07) is 40.6. The third kappa shape index (κ3) is 2.67. The van der Waals surface area contributed by atoms with Crippen LogP contribution in [-0.4, -0.2) is 4.57 Å². The second-order valence-corrected chi connectivity index (χ2v) is 9.55. The van der Waals surface area contributed by atoms with Crippen LogP contribution >= 0.6 is 11.3 Å². The van der Waals surface area contributed by atoms with Crippen LogP contribution in [0.2, 0.25) is 0 Å². The Kier molecular flexibility index (Phi) is 4.11. The quantitative estimate of drug-likeness (QED) is 0.259. The smallest absolute Gasteiger partial charge is 0.0991 e. The predicted octanol–water partition coefficient (Wildman–Crippen LogP) is 8.69. The molecule has 0 aliphatic carbocycles. The van der Waals surface area contributed by atoms with Crippen molar-refractivity contribution in [3.63, 3.8) is 0 Å². The van der Waals surface area contributed by atoms with Gasteiger partial charge in [0.15, 0.2) is 0 Å². The fraction of sp³-hybridized carbons (Fsp3) is 0. The molecule has 5 aromatic carbocycles. The topological polar surface area (TPSA) is 28.7 Å². The van der Waals surface area contributed by atoms with E-state index in [1.165, 1.54) is 30.9 Å². The Bertz CT molecular complexity index is 1880. The van der Waals surface area contributed by atoms with Crippen LogP contribution in [0.5, 0.6) is 0 Å². The molecule has 7 rings (SSSR count). The summed E-state index contributed by atoms with van der Waals surface area (Å²) in [5, 5.41) is 14.7. The van der Waals surface area contributed by atoms with E-state index < -0.39 is 0 Å². The van der Waals surface area contributed by atoms with Crippen LogP contribution in [0.15, 0.2) is 109 Å². The van der Waals surface area contributed by atoms with Crippen molar-refractivity contribution in [2.45, 2.75) is 0 Å². The molecule has 0 amide bonds. The highest BCUT2D eigenvalue weighted by Gasteiger charge is 2.18. The van der Waals surface area contributed by atoms with E-state index >= 15 is 0 Å². The van der Waals surface area contributed by atoms with Gasteiger partial charge in [0.25, 0.3) is 0 Å². The van der Waals surface area contributed by atoms with Gasteiger partial charge < -0.3 is 4.57 Å². The maximum Gasteiger partial charge on any atom is 0.0991 e. The Morgan fingerprint density at radius 3 is 1.97 bits per heavy atom. The van der Waals surface area contributed by atoms with Crippen molar-refractivity contribution in [1.29, 1.82) is 5.26 Å². The van der Waals surface area contributed by atoms with Gasteiger partial charge in [-0.1, -0.05) is 72.8 Å². The van der Waals surface area contributed by atoms with Crippen LogP contribution in [0, 0.1) is 11.3 Å². The molecule has 0 saturated heterocycles. The Morgan fingerprint density at radius 2 is 1.24 bits per heavy atom. The van der Waals surface area contributed by atoms with Crippen molar-refractivity contribution in [1.82, 2.24) is 4.57 Å². The van der Waals surface area contributed by atoms with Crippen LogP contribution in [0.1, 0.15) is 5.56 Å². The zero-order valence-electron chi connectivity index (χ0n) is 18.2. The lowest BCUT2D eigenvalue weighted by atomic mass is 9.99. The van der Waals surface area contributed by atoms with E-state index in [1.54, 1.807) is 0 Å². The highest BCUT2D eigenvalue weighted by molar-refractivity contribution is 7.26. The number of benzene rings is 5. The molecule has 2 heterocycles. The summed E-state index contributed by atoms with van der Waals surface area (Å²) in [4.78, 5) is 0. The minimum absolute atomic E-state index is 0.664. The fourth-order valence-corrected chi connectivity index (χ4v) is 6.39. The number of thiophene rings is 1. The van der Waals surface area contributed by atoms with Crippen molar-refractivity contribution < 1.29 is 0 Å². The number of aromatic nitrogens is 1. The number of hydrogen-bond acceptors (Lipinski definition) is 2. The Balaban J connectivity index is 1.63. The molecule has 0 radical (unpaired) electrons. The molecule has 0 aliphatic heterocycles. The molecule has 158 valence electrons. The van der Waals surface area contributed by atoms with E-state index in [1.807, 2.05) is 23.5 Å². The molecule has 0 atom stereocenters. The van der Waals surface area contributed by atoms with Crippen LogP contribution in [0.25, 0.3) is 58.8 Å². The second-order valence-electron chi connectivity index (χ2n) is 8.49. The van der Waals surface area contributed by atoms with Crippen LogP contribution in [-0.2, 0) is 0 Å².